The first kappa shape index (κ1) is 17.7. The number of morpholine rings is 1. The van der Waals surface area contributed by atoms with Crippen molar-refractivity contribution in [2.45, 2.75) is 43.5 Å². The average molecular weight is 343 g/mol. The zero-order valence-electron chi connectivity index (χ0n) is 13.9. The predicted octanol–water partition coefficient (Wildman–Crippen LogP) is 3.69. The molecule has 0 radical (unpaired) electrons. The van der Waals surface area contributed by atoms with Crippen molar-refractivity contribution in [1.29, 1.82) is 0 Å². The van der Waals surface area contributed by atoms with E-state index in [0.717, 1.165) is 44.0 Å². The van der Waals surface area contributed by atoms with Gasteiger partial charge < -0.3 is 9.47 Å². The Balaban J connectivity index is 1.77. The summed E-state index contributed by atoms with van der Waals surface area (Å²) < 4.78 is 50.0. The van der Waals surface area contributed by atoms with Crippen molar-refractivity contribution in [3.63, 3.8) is 0 Å². The molecule has 1 heterocycles. The lowest BCUT2D eigenvalue weighted by molar-refractivity contribution is -0.137. The van der Waals surface area contributed by atoms with Crippen molar-refractivity contribution in [3.8, 4) is 0 Å². The molecule has 1 aromatic carbocycles. The van der Waals surface area contributed by atoms with Crippen molar-refractivity contribution in [1.82, 2.24) is 4.90 Å². The van der Waals surface area contributed by atoms with Gasteiger partial charge in [-0.15, -0.1) is 0 Å². The first-order chi connectivity index (χ1) is 11.5. The van der Waals surface area contributed by atoms with Crippen LogP contribution in [-0.2, 0) is 15.7 Å². The van der Waals surface area contributed by atoms with Crippen molar-refractivity contribution in [2.75, 3.05) is 33.4 Å². The van der Waals surface area contributed by atoms with Crippen LogP contribution in [-0.4, -0.2) is 50.5 Å². The number of methoxy groups -OCH3 is 1. The first-order valence-corrected chi connectivity index (χ1v) is 8.51. The molecule has 1 aromatic rings. The molecule has 24 heavy (non-hydrogen) atoms. The second kappa shape index (κ2) is 7.42. The Morgan fingerprint density at radius 3 is 2.58 bits per heavy atom. The summed E-state index contributed by atoms with van der Waals surface area (Å²) >= 11 is 0. The molecule has 0 N–H and O–H groups in total. The normalized spacial score (nSPS) is 29.6. The Kier molecular flexibility index (Phi) is 5.47. The van der Waals surface area contributed by atoms with Gasteiger partial charge in [0.25, 0.3) is 0 Å². The van der Waals surface area contributed by atoms with Gasteiger partial charge in [-0.2, -0.15) is 13.2 Å². The van der Waals surface area contributed by atoms with Gasteiger partial charge in [-0.3, -0.25) is 4.90 Å². The summed E-state index contributed by atoms with van der Waals surface area (Å²) in [7, 11) is 1.72. The van der Waals surface area contributed by atoms with Crippen LogP contribution in [0.5, 0.6) is 0 Å². The van der Waals surface area contributed by atoms with Gasteiger partial charge in [0.2, 0.25) is 0 Å². The van der Waals surface area contributed by atoms with Crippen molar-refractivity contribution in [2.24, 2.45) is 0 Å². The SMILES string of the molecule is CO[C@H]1CC[C@H](c2cccc(C(F)(F)F)c2)C[C@@H]1N1CCOCC1. The van der Waals surface area contributed by atoms with Crippen molar-refractivity contribution in [3.05, 3.63) is 35.4 Å². The highest BCUT2D eigenvalue weighted by Gasteiger charge is 2.37. The van der Waals surface area contributed by atoms with Gasteiger partial charge in [-0.05, 0) is 36.8 Å². The van der Waals surface area contributed by atoms with E-state index in [1.807, 2.05) is 6.07 Å². The topological polar surface area (TPSA) is 21.7 Å². The maximum atomic E-state index is 13.0. The van der Waals surface area contributed by atoms with Gasteiger partial charge in [0.1, 0.15) is 0 Å². The minimum absolute atomic E-state index is 0.144. The fraction of sp³-hybridized carbons (Fsp3) is 0.667. The minimum atomic E-state index is -4.29. The van der Waals surface area contributed by atoms with Crippen LogP contribution in [0.2, 0.25) is 0 Å². The van der Waals surface area contributed by atoms with Crippen molar-refractivity contribution < 1.29 is 22.6 Å². The molecule has 134 valence electrons. The van der Waals surface area contributed by atoms with E-state index in [2.05, 4.69) is 4.90 Å². The predicted molar refractivity (Wildman–Crippen MR) is 85.0 cm³/mol. The Hall–Kier alpha value is -1.11. The Morgan fingerprint density at radius 1 is 1.17 bits per heavy atom. The Morgan fingerprint density at radius 2 is 1.92 bits per heavy atom. The third kappa shape index (κ3) is 3.92. The van der Waals surface area contributed by atoms with E-state index < -0.39 is 11.7 Å². The van der Waals surface area contributed by atoms with Crippen LogP contribution in [0.1, 0.15) is 36.3 Å². The molecule has 1 aliphatic heterocycles. The maximum absolute atomic E-state index is 13.0. The maximum Gasteiger partial charge on any atom is 0.416 e. The van der Waals surface area contributed by atoms with E-state index in [4.69, 9.17) is 9.47 Å². The first-order valence-electron chi connectivity index (χ1n) is 8.51. The third-order valence-electron chi connectivity index (χ3n) is 5.26. The average Bonchev–Trinajstić information content (AvgIpc) is 2.61. The number of hydrogen-bond donors (Lipinski definition) is 0. The van der Waals surface area contributed by atoms with E-state index in [9.17, 15) is 13.2 Å². The molecule has 1 saturated carbocycles. The molecule has 0 amide bonds. The van der Waals surface area contributed by atoms with Gasteiger partial charge in [-0.1, -0.05) is 18.2 Å². The van der Waals surface area contributed by atoms with Gasteiger partial charge in [0.15, 0.2) is 0 Å². The lowest BCUT2D eigenvalue weighted by atomic mass is 9.78. The van der Waals surface area contributed by atoms with Gasteiger partial charge in [0, 0.05) is 26.2 Å². The van der Waals surface area contributed by atoms with Crippen LogP contribution >= 0.6 is 0 Å². The molecule has 0 unspecified atom stereocenters. The molecule has 0 aromatic heterocycles. The number of halogens is 3. The van der Waals surface area contributed by atoms with E-state index in [1.54, 1.807) is 7.11 Å². The quantitative estimate of drug-likeness (QED) is 0.835. The molecule has 3 atom stereocenters. The fourth-order valence-corrected chi connectivity index (χ4v) is 3.96. The second-order valence-corrected chi connectivity index (χ2v) is 6.62. The number of ether oxygens (including phenoxy) is 2. The lowest BCUT2D eigenvalue weighted by Gasteiger charge is -2.43. The summed E-state index contributed by atoms with van der Waals surface area (Å²) in [5.41, 5.74) is 0.231. The molecule has 6 heteroatoms. The highest BCUT2D eigenvalue weighted by molar-refractivity contribution is 5.29. The molecule has 2 aliphatic rings. The number of hydrogen-bond acceptors (Lipinski definition) is 3. The summed E-state index contributed by atoms with van der Waals surface area (Å²) in [6, 6.07) is 6.04. The van der Waals surface area contributed by atoms with Crippen LogP contribution < -0.4 is 0 Å². The molecule has 1 saturated heterocycles. The molecular weight excluding hydrogens is 319 g/mol. The fourth-order valence-electron chi connectivity index (χ4n) is 3.96. The van der Waals surface area contributed by atoms with Crippen LogP contribution in [0.15, 0.2) is 24.3 Å². The van der Waals surface area contributed by atoms with E-state index >= 15 is 0 Å². The molecule has 3 nitrogen and oxygen atoms in total. The molecule has 2 fully saturated rings. The van der Waals surface area contributed by atoms with E-state index in [-0.39, 0.29) is 18.1 Å². The Bertz CT molecular complexity index is 543. The highest BCUT2D eigenvalue weighted by atomic mass is 19.4. The van der Waals surface area contributed by atoms with Crippen LogP contribution in [0.25, 0.3) is 0 Å². The smallest absolute Gasteiger partial charge is 0.380 e. The summed E-state index contributed by atoms with van der Waals surface area (Å²) in [6.07, 6.45) is -1.58. The van der Waals surface area contributed by atoms with Crippen LogP contribution in [0.3, 0.4) is 0 Å². The third-order valence-corrected chi connectivity index (χ3v) is 5.26. The van der Waals surface area contributed by atoms with Crippen LogP contribution in [0.4, 0.5) is 13.2 Å². The zero-order chi connectivity index (χ0) is 17.2. The van der Waals surface area contributed by atoms with Crippen LogP contribution in [0, 0.1) is 0 Å². The number of alkyl halides is 3. The largest absolute Gasteiger partial charge is 0.416 e. The van der Waals surface area contributed by atoms with Gasteiger partial charge in [-0.25, -0.2) is 0 Å². The van der Waals surface area contributed by atoms with Gasteiger partial charge in [0.05, 0.1) is 24.9 Å². The molecule has 0 spiro atoms. The second-order valence-electron chi connectivity index (χ2n) is 6.62. The standard InChI is InChI=1S/C18H24F3NO2/c1-23-17-6-5-14(12-16(17)22-7-9-24-10-8-22)13-3-2-4-15(11-13)18(19,20)21/h2-4,11,14,16-17H,5-10,12H2,1H3/t14-,16-,17-/m0/s1. The zero-order valence-corrected chi connectivity index (χ0v) is 13.9. The summed E-state index contributed by atoms with van der Waals surface area (Å²) in [6.45, 7) is 3.14. The summed E-state index contributed by atoms with van der Waals surface area (Å²) in [5, 5.41) is 0. The van der Waals surface area contributed by atoms with E-state index in [1.165, 1.54) is 12.1 Å². The number of rotatable bonds is 3. The number of nitrogens with zero attached hydrogens (tertiary/aromatic N) is 1. The molecule has 1 aliphatic carbocycles. The summed E-state index contributed by atoms with van der Waals surface area (Å²) in [4.78, 5) is 2.37. The number of benzene rings is 1. The summed E-state index contributed by atoms with van der Waals surface area (Å²) in [5.74, 6) is 0.145. The minimum Gasteiger partial charge on any atom is -0.380 e. The Labute approximate surface area is 140 Å². The lowest BCUT2D eigenvalue weighted by Crippen LogP contribution is -2.51. The van der Waals surface area contributed by atoms with E-state index in [0.29, 0.717) is 13.2 Å². The molecule has 0 bridgehead atoms. The van der Waals surface area contributed by atoms with Crippen molar-refractivity contribution >= 4 is 0 Å². The van der Waals surface area contributed by atoms with Gasteiger partial charge >= 0.3 is 6.18 Å². The highest BCUT2D eigenvalue weighted by Crippen LogP contribution is 2.38. The molecule has 3 rings (SSSR count). The molecular formula is C18H24F3NO2. The monoisotopic (exact) mass is 343 g/mol.